The van der Waals surface area contributed by atoms with Gasteiger partial charge in [0.15, 0.2) is 11.7 Å². The molecule has 1 aromatic carbocycles. The average molecular weight is 316 g/mol. The third-order valence-corrected chi connectivity index (χ3v) is 3.59. The molecule has 2 aromatic rings. The van der Waals surface area contributed by atoms with E-state index < -0.39 is 0 Å². The Morgan fingerprint density at radius 2 is 2.04 bits per heavy atom. The van der Waals surface area contributed by atoms with Gasteiger partial charge in [-0.2, -0.15) is 0 Å². The smallest absolute Gasteiger partial charge is 0.220 e. The van der Waals surface area contributed by atoms with Crippen LogP contribution in [0.2, 0.25) is 0 Å². The minimum absolute atomic E-state index is 0.0279. The number of rotatable bonds is 8. The highest BCUT2D eigenvalue weighted by Gasteiger charge is 2.10. The van der Waals surface area contributed by atoms with Crippen molar-refractivity contribution in [1.29, 1.82) is 0 Å². The molecule has 1 aromatic heterocycles. The van der Waals surface area contributed by atoms with Crippen molar-refractivity contribution in [2.75, 3.05) is 6.61 Å². The standard InChI is InChI=1S/C18H24N2O3/c1-4-13(3)20-17(21)10-11-18-19-12-16(23-18)14-6-8-15(9-7-14)22-5-2/h6-9,12-13H,4-5,10-11H2,1-3H3,(H,20,21). The summed E-state index contributed by atoms with van der Waals surface area (Å²) < 4.78 is 11.1. The van der Waals surface area contributed by atoms with Gasteiger partial charge < -0.3 is 14.5 Å². The van der Waals surface area contributed by atoms with Crippen LogP contribution in [-0.2, 0) is 11.2 Å². The van der Waals surface area contributed by atoms with Gasteiger partial charge in [0.1, 0.15) is 5.75 Å². The number of hydrogen-bond acceptors (Lipinski definition) is 4. The highest BCUT2D eigenvalue weighted by molar-refractivity contribution is 5.76. The van der Waals surface area contributed by atoms with Crippen LogP contribution in [0.5, 0.6) is 5.75 Å². The number of hydrogen-bond donors (Lipinski definition) is 1. The van der Waals surface area contributed by atoms with Crippen LogP contribution in [-0.4, -0.2) is 23.5 Å². The van der Waals surface area contributed by atoms with Gasteiger partial charge in [-0.15, -0.1) is 0 Å². The Kier molecular flexibility index (Phi) is 6.20. The first-order valence-electron chi connectivity index (χ1n) is 8.09. The first-order chi connectivity index (χ1) is 11.1. The molecule has 5 heteroatoms. The number of nitrogens with zero attached hydrogens (tertiary/aromatic N) is 1. The fourth-order valence-corrected chi connectivity index (χ4v) is 2.11. The lowest BCUT2D eigenvalue weighted by Gasteiger charge is -2.10. The third-order valence-electron chi connectivity index (χ3n) is 3.59. The van der Waals surface area contributed by atoms with Gasteiger partial charge >= 0.3 is 0 Å². The number of nitrogens with one attached hydrogen (secondary N) is 1. The number of aromatic nitrogens is 1. The summed E-state index contributed by atoms with van der Waals surface area (Å²) in [6.45, 7) is 6.63. The normalized spacial score (nSPS) is 12.0. The monoisotopic (exact) mass is 316 g/mol. The van der Waals surface area contributed by atoms with Crippen LogP contribution < -0.4 is 10.1 Å². The molecule has 1 unspecified atom stereocenters. The molecule has 0 aliphatic heterocycles. The lowest BCUT2D eigenvalue weighted by Crippen LogP contribution is -2.32. The number of carbonyl (C=O) groups excluding carboxylic acids is 1. The maximum absolute atomic E-state index is 11.8. The molecule has 1 atom stereocenters. The van der Waals surface area contributed by atoms with E-state index in [2.05, 4.69) is 10.3 Å². The van der Waals surface area contributed by atoms with E-state index in [9.17, 15) is 4.79 Å². The van der Waals surface area contributed by atoms with Crippen molar-refractivity contribution in [3.05, 3.63) is 36.4 Å². The van der Waals surface area contributed by atoms with Crippen molar-refractivity contribution in [3.8, 4) is 17.1 Å². The van der Waals surface area contributed by atoms with Gasteiger partial charge in [-0.1, -0.05) is 6.92 Å². The molecule has 2 rings (SSSR count). The second-order valence-electron chi connectivity index (χ2n) is 5.45. The molecular weight excluding hydrogens is 292 g/mol. The Labute approximate surface area is 137 Å². The first-order valence-corrected chi connectivity index (χ1v) is 8.09. The van der Waals surface area contributed by atoms with E-state index in [4.69, 9.17) is 9.15 Å². The summed E-state index contributed by atoms with van der Waals surface area (Å²) in [5, 5.41) is 2.93. The molecule has 1 N–H and O–H groups in total. The van der Waals surface area contributed by atoms with Gasteiger partial charge in [0.2, 0.25) is 5.91 Å². The average Bonchev–Trinajstić information content (AvgIpc) is 3.03. The van der Waals surface area contributed by atoms with Crippen LogP contribution >= 0.6 is 0 Å². The fourth-order valence-electron chi connectivity index (χ4n) is 2.11. The van der Waals surface area contributed by atoms with Gasteiger partial charge in [0.25, 0.3) is 0 Å². The second-order valence-corrected chi connectivity index (χ2v) is 5.45. The molecule has 0 saturated carbocycles. The summed E-state index contributed by atoms with van der Waals surface area (Å²) >= 11 is 0. The number of carbonyl (C=O) groups is 1. The zero-order chi connectivity index (χ0) is 16.7. The van der Waals surface area contributed by atoms with Crippen molar-refractivity contribution < 1.29 is 13.9 Å². The summed E-state index contributed by atoms with van der Waals surface area (Å²) in [6, 6.07) is 7.88. The lowest BCUT2D eigenvalue weighted by atomic mass is 10.2. The fraction of sp³-hybridized carbons (Fsp3) is 0.444. The minimum Gasteiger partial charge on any atom is -0.494 e. The summed E-state index contributed by atoms with van der Waals surface area (Å²) in [7, 11) is 0. The van der Waals surface area contributed by atoms with Crippen LogP contribution in [0.1, 0.15) is 39.5 Å². The van der Waals surface area contributed by atoms with Gasteiger partial charge in [-0.3, -0.25) is 4.79 Å². The van der Waals surface area contributed by atoms with Gasteiger partial charge in [-0.25, -0.2) is 4.98 Å². The van der Waals surface area contributed by atoms with Gasteiger partial charge in [0, 0.05) is 24.4 Å². The molecule has 23 heavy (non-hydrogen) atoms. The first kappa shape index (κ1) is 17.1. The Balaban J connectivity index is 1.91. The number of aryl methyl sites for hydroxylation is 1. The lowest BCUT2D eigenvalue weighted by molar-refractivity contribution is -0.121. The van der Waals surface area contributed by atoms with Crippen LogP contribution in [0.25, 0.3) is 11.3 Å². The molecule has 0 bridgehead atoms. The van der Waals surface area contributed by atoms with Crippen LogP contribution in [0.15, 0.2) is 34.9 Å². The van der Waals surface area contributed by atoms with E-state index in [-0.39, 0.29) is 11.9 Å². The van der Waals surface area contributed by atoms with E-state index in [1.165, 1.54) is 0 Å². The molecule has 0 aliphatic rings. The molecular formula is C18H24N2O3. The van der Waals surface area contributed by atoms with Gasteiger partial charge in [-0.05, 0) is 44.5 Å². The molecule has 1 heterocycles. The molecule has 124 valence electrons. The van der Waals surface area contributed by atoms with E-state index >= 15 is 0 Å². The van der Waals surface area contributed by atoms with Crippen molar-refractivity contribution in [2.45, 2.75) is 46.1 Å². The quantitative estimate of drug-likeness (QED) is 0.808. The zero-order valence-electron chi connectivity index (χ0n) is 14.0. The molecule has 0 spiro atoms. The number of ether oxygens (including phenoxy) is 1. The third kappa shape index (κ3) is 5.13. The highest BCUT2D eigenvalue weighted by Crippen LogP contribution is 2.23. The topological polar surface area (TPSA) is 64.4 Å². The zero-order valence-corrected chi connectivity index (χ0v) is 14.0. The van der Waals surface area contributed by atoms with E-state index in [1.807, 2.05) is 45.0 Å². The van der Waals surface area contributed by atoms with E-state index in [0.717, 1.165) is 17.7 Å². The summed E-state index contributed by atoms with van der Waals surface area (Å²) in [4.78, 5) is 16.0. The minimum atomic E-state index is 0.0279. The van der Waals surface area contributed by atoms with Crippen LogP contribution in [0.4, 0.5) is 0 Å². The summed E-state index contributed by atoms with van der Waals surface area (Å²) in [5.74, 6) is 2.14. The van der Waals surface area contributed by atoms with Crippen molar-refractivity contribution in [1.82, 2.24) is 10.3 Å². The molecule has 0 aliphatic carbocycles. The molecule has 0 radical (unpaired) electrons. The van der Waals surface area contributed by atoms with Crippen LogP contribution in [0, 0.1) is 0 Å². The highest BCUT2D eigenvalue weighted by atomic mass is 16.5. The SMILES string of the molecule is CCOc1ccc(-c2cnc(CCC(=O)NC(C)CC)o2)cc1. The Morgan fingerprint density at radius 1 is 1.30 bits per heavy atom. The van der Waals surface area contributed by atoms with E-state index in [1.54, 1.807) is 6.20 Å². The molecule has 5 nitrogen and oxygen atoms in total. The maximum atomic E-state index is 11.8. The van der Waals surface area contributed by atoms with Crippen LogP contribution in [0.3, 0.4) is 0 Å². The maximum Gasteiger partial charge on any atom is 0.220 e. The molecule has 0 fully saturated rings. The Bertz CT molecular complexity index is 619. The Morgan fingerprint density at radius 3 is 2.70 bits per heavy atom. The largest absolute Gasteiger partial charge is 0.494 e. The molecule has 0 saturated heterocycles. The van der Waals surface area contributed by atoms with Crippen molar-refractivity contribution in [2.24, 2.45) is 0 Å². The molecule has 1 amide bonds. The summed E-state index contributed by atoms with van der Waals surface area (Å²) in [5.41, 5.74) is 0.941. The van der Waals surface area contributed by atoms with Crippen molar-refractivity contribution in [3.63, 3.8) is 0 Å². The predicted octanol–water partition coefficient (Wildman–Crippen LogP) is 3.59. The van der Waals surface area contributed by atoms with Crippen molar-refractivity contribution >= 4 is 5.91 Å². The number of amides is 1. The summed E-state index contributed by atoms with van der Waals surface area (Å²) in [6.07, 6.45) is 3.50. The van der Waals surface area contributed by atoms with Gasteiger partial charge in [0.05, 0.1) is 12.8 Å². The second kappa shape index (κ2) is 8.36. The number of oxazole rings is 1. The Hall–Kier alpha value is -2.30. The van der Waals surface area contributed by atoms with E-state index in [0.29, 0.717) is 31.1 Å². The predicted molar refractivity (Wildman–Crippen MR) is 89.3 cm³/mol. The number of benzene rings is 1.